The summed E-state index contributed by atoms with van der Waals surface area (Å²) in [5.41, 5.74) is 3.77. The summed E-state index contributed by atoms with van der Waals surface area (Å²) < 4.78 is 18.2. The number of carbonyl (C=O) groups is 2. The summed E-state index contributed by atoms with van der Waals surface area (Å²) >= 11 is 1.23. The van der Waals surface area contributed by atoms with Gasteiger partial charge in [0.2, 0.25) is 0 Å². The molecule has 1 aliphatic rings. The average molecular weight is 584 g/mol. The van der Waals surface area contributed by atoms with Crippen LogP contribution in [0.3, 0.4) is 0 Å². The van der Waals surface area contributed by atoms with Crippen LogP contribution in [-0.2, 0) is 14.3 Å². The van der Waals surface area contributed by atoms with E-state index >= 15 is 0 Å². The van der Waals surface area contributed by atoms with Crippen LogP contribution in [0.25, 0.3) is 6.08 Å². The number of methoxy groups -OCH3 is 2. The number of nitrogens with zero attached hydrogens (tertiary/aromatic N) is 2. The molecule has 0 spiro atoms. The molecule has 0 saturated carbocycles. The van der Waals surface area contributed by atoms with Crippen LogP contribution in [-0.4, -0.2) is 37.3 Å². The highest BCUT2D eigenvalue weighted by Crippen LogP contribution is 2.31. The van der Waals surface area contributed by atoms with Gasteiger partial charge >= 0.3 is 5.97 Å². The number of thiazole rings is 1. The van der Waals surface area contributed by atoms with Crippen molar-refractivity contribution in [2.45, 2.75) is 19.9 Å². The fourth-order valence-corrected chi connectivity index (χ4v) is 5.71. The van der Waals surface area contributed by atoms with Gasteiger partial charge in [-0.15, -0.1) is 0 Å². The molecule has 1 aromatic heterocycles. The Balaban J connectivity index is 1.44. The van der Waals surface area contributed by atoms with Crippen LogP contribution in [0, 0.1) is 6.92 Å². The quantitative estimate of drug-likeness (QED) is 0.317. The predicted octanol–water partition coefficient (Wildman–Crippen LogP) is 3.74. The van der Waals surface area contributed by atoms with Crippen molar-refractivity contribution in [1.82, 2.24) is 4.57 Å². The second-order valence-corrected chi connectivity index (χ2v) is 10.6. The van der Waals surface area contributed by atoms with Gasteiger partial charge in [-0.2, -0.15) is 0 Å². The number of allylic oxidation sites excluding steroid dienone is 1. The van der Waals surface area contributed by atoms with Gasteiger partial charge in [-0.1, -0.05) is 65.4 Å². The van der Waals surface area contributed by atoms with Gasteiger partial charge in [-0.05, 0) is 55.3 Å². The molecule has 42 heavy (non-hydrogen) atoms. The summed E-state index contributed by atoms with van der Waals surface area (Å²) in [6.45, 7) is 3.51. The Labute approximate surface area is 246 Å². The number of hydrogen-bond donors (Lipinski definition) is 1. The number of aromatic nitrogens is 1. The topological polar surface area (TPSA) is 108 Å². The Morgan fingerprint density at radius 2 is 1.74 bits per heavy atom. The van der Waals surface area contributed by atoms with Crippen molar-refractivity contribution >= 4 is 35.0 Å². The number of nitrogens with one attached hydrogen (secondary N) is 1. The number of anilines is 1. The number of fused-ring (bicyclic) bond motifs is 1. The molecular weight excluding hydrogens is 554 g/mol. The minimum Gasteiger partial charge on any atom is -0.493 e. The Bertz CT molecular complexity index is 1860. The van der Waals surface area contributed by atoms with E-state index in [1.165, 1.54) is 30.1 Å². The summed E-state index contributed by atoms with van der Waals surface area (Å²) in [5, 5.41) is 2.80. The van der Waals surface area contributed by atoms with Crippen LogP contribution in [0.5, 0.6) is 11.5 Å². The normalized spacial score (nSPS) is 14.6. The Hall–Kier alpha value is -4.96. The SMILES string of the molecule is COC(=O)C1=C(C)N=c2sc(=Cc3ccc(OCC(=O)Nc4ccc(C)cc4)c(OC)c3)c(=O)n2C1c1ccccc1. The van der Waals surface area contributed by atoms with Gasteiger partial charge < -0.3 is 19.5 Å². The molecule has 4 aromatic rings. The van der Waals surface area contributed by atoms with E-state index in [4.69, 9.17) is 14.2 Å². The first-order chi connectivity index (χ1) is 20.3. The molecule has 5 rings (SSSR count). The molecule has 1 N–H and O–H groups in total. The molecule has 2 heterocycles. The number of hydrogen-bond acceptors (Lipinski definition) is 8. The highest BCUT2D eigenvalue weighted by molar-refractivity contribution is 7.07. The number of aryl methyl sites for hydroxylation is 1. The second kappa shape index (κ2) is 12.3. The predicted molar refractivity (Wildman–Crippen MR) is 161 cm³/mol. The first-order valence-corrected chi connectivity index (χ1v) is 13.9. The summed E-state index contributed by atoms with van der Waals surface area (Å²) in [6.07, 6.45) is 1.74. The van der Waals surface area contributed by atoms with Gasteiger partial charge in [0.25, 0.3) is 11.5 Å². The number of benzene rings is 3. The summed E-state index contributed by atoms with van der Waals surface area (Å²) in [5.74, 6) is -0.0452. The van der Waals surface area contributed by atoms with E-state index < -0.39 is 12.0 Å². The number of esters is 1. The zero-order chi connectivity index (χ0) is 29.8. The van der Waals surface area contributed by atoms with Gasteiger partial charge in [0.05, 0.1) is 36.1 Å². The fraction of sp³-hybridized carbons (Fsp3) is 0.188. The van der Waals surface area contributed by atoms with Crippen molar-refractivity contribution in [2.24, 2.45) is 4.99 Å². The number of carbonyl (C=O) groups excluding carboxylic acids is 2. The lowest BCUT2D eigenvalue weighted by Gasteiger charge is -2.24. The van der Waals surface area contributed by atoms with E-state index in [0.717, 1.165) is 11.1 Å². The molecule has 1 amide bonds. The molecule has 1 unspecified atom stereocenters. The standard InChI is InChI=1S/C32H29N3O6S/c1-19-10-13-23(14-11-19)34-27(36)18-41-24-15-12-21(16-25(24)39-3)17-26-30(37)35-29(22-8-6-5-7-9-22)28(31(38)40-4)20(2)33-32(35)42-26/h5-17,29H,18H2,1-4H3,(H,34,36). The van der Waals surface area contributed by atoms with Crippen molar-refractivity contribution in [1.29, 1.82) is 0 Å². The lowest BCUT2D eigenvalue weighted by atomic mass is 9.96. The fourth-order valence-electron chi connectivity index (χ4n) is 4.67. The van der Waals surface area contributed by atoms with Crippen molar-refractivity contribution < 1.29 is 23.8 Å². The van der Waals surface area contributed by atoms with Gasteiger partial charge in [-0.3, -0.25) is 14.2 Å². The molecular formula is C32H29N3O6S. The number of ether oxygens (including phenoxy) is 3. The zero-order valence-corrected chi connectivity index (χ0v) is 24.4. The van der Waals surface area contributed by atoms with Crippen molar-refractivity contribution in [3.05, 3.63) is 120 Å². The molecule has 214 valence electrons. The molecule has 1 aliphatic heterocycles. The third-order valence-electron chi connectivity index (χ3n) is 6.72. The van der Waals surface area contributed by atoms with Crippen molar-refractivity contribution in [3.63, 3.8) is 0 Å². The van der Waals surface area contributed by atoms with E-state index in [0.29, 0.717) is 43.4 Å². The van der Waals surface area contributed by atoms with Crippen LogP contribution in [0.15, 0.2) is 93.9 Å². The highest BCUT2D eigenvalue weighted by Gasteiger charge is 2.32. The van der Waals surface area contributed by atoms with Crippen LogP contribution >= 0.6 is 11.3 Å². The third-order valence-corrected chi connectivity index (χ3v) is 7.70. The summed E-state index contributed by atoms with van der Waals surface area (Å²) in [4.78, 5) is 44.0. The van der Waals surface area contributed by atoms with E-state index in [1.54, 1.807) is 31.2 Å². The lowest BCUT2D eigenvalue weighted by molar-refractivity contribution is -0.136. The van der Waals surface area contributed by atoms with E-state index in [1.807, 2.05) is 61.5 Å². The van der Waals surface area contributed by atoms with E-state index in [-0.39, 0.29) is 18.1 Å². The van der Waals surface area contributed by atoms with Crippen molar-refractivity contribution in [3.8, 4) is 11.5 Å². The molecule has 0 fully saturated rings. The van der Waals surface area contributed by atoms with Crippen LogP contribution in [0.1, 0.15) is 29.7 Å². The first kappa shape index (κ1) is 28.6. The molecule has 3 aromatic carbocycles. The average Bonchev–Trinajstić information content (AvgIpc) is 3.30. The monoisotopic (exact) mass is 583 g/mol. The second-order valence-electron chi connectivity index (χ2n) is 9.60. The molecule has 9 nitrogen and oxygen atoms in total. The minimum atomic E-state index is -0.673. The molecule has 10 heteroatoms. The summed E-state index contributed by atoms with van der Waals surface area (Å²) in [6, 6.07) is 21.3. The highest BCUT2D eigenvalue weighted by atomic mass is 32.1. The van der Waals surface area contributed by atoms with Gasteiger partial charge in [0, 0.05) is 5.69 Å². The maximum absolute atomic E-state index is 13.7. The van der Waals surface area contributed by atoms with Crippen molar-refractivity contribution in [2.75, 3.05) is 26.1 Å². The molecule has 1 atom stereocenters. The Morgan fingerprint density at radius 3 is 2.43 bits per heavy atom. The van der Waals surface area contributed by atoms with Crippen LogP contribution < -0.4 is 29.7 Å². The molecule has 0 saturated heterocycles. The minimum absolute atomic E-state index is 0.205. The smallest absolute Gasteiger partial charge is 0.338 e. The Kier molecular flexibility index (Phi) is 8.35. The zero-order valence-electron chi connectivity index (χ0n) is 23.5. The summed E-state index contributed by atoms with van der Waals surface area (Å²) in [7, 11) is 2.82. The Morgan fingerprint density at radius 1 is 1.00 bits per heavy atom. The van der Waals surface area contributed by atoms with Crippen LogP contribution in [0.2, 0.25) is 0 Å². The van der Waals surface area contributed by atoms with Crippen LogP contribution in [0.4, 0.5) is 5.69 Å². The maximum Gasteiger partial charge on any atom is 0.338 e. The van der Waals surface area contributed by atoms with E-state index in [9.17, 15) is 14.4 Å². The van der Waals surface area contributed by atoms with Gasteiger partial charge in [-0.25, -0.2) is 9.79 Å². The van der Waals surface area contributed by atoms with Gasteiger partial charge in [0.15, 0.2) is 22.9 Å². The maximum atomic E-state index is 13.7. The van der Waals surface area contributed by atoms with Gasteiger partial charge in [0.1, 0.15) is 0 Å². The third kappa shape index (κ3) is 5.89. The van der Waals surface area contributed by atoms with E-state index in [2.05, 4.69) is 10.3 Å². The molecule has 0 radical (unpaired) electrons. The number of rotatable bonds is 8. The molecule has 0 aliphatic carbocycles. The largest absolute Gasteiger partial charge is 0.493 e. The first-order valence-electron chi connectivity index (χ1n) is 13.1. The lowest BCUT2D eigenvalue weighted by Crippen LogP contribution is -2.39. The molecule has 0 bridgehead atoms. The number of amides is 1.